The summed E-state index contributed by atoms with van der Waals surface area (Å²) in [5.74, 6) is 0.884. The first kappa shape index (κ1) is 12.2. The van der Waals surface area contributed by atoms with E-state index in [-0.39, 0.29) is 12.5 Å². The van der Waals surface area contributed by atoms with Crippen molar-refractivity contribution in [1.29, 1.82) is 0 Å². The molecule has 0 fully saturated rings. The van der Waals surface area contributed by atoms with Gasteiger partial charge in [0, 0.05) is 25.4 Å². The van der Waals surface area contributed by atoms with Crippen molar-refractivity contribution in [2.24, 2.45) is 5.73 Å². The molecular weight excluding hydrogens is 206 g/mol. The van der Waals surface area contributed by atoms with Crippen LogP contribution in [-0.2, 0) is 4.79 Å². The van der Waals surface area contributed by atoms with Gasteiger partial charge in [-0.05, 0) is 13.8 Å². The van der Waals surface area contributed by atoms with Crippen molar-refractivity contribution >= 4 is 17.7 Å². The Labute approximate surface area is 94.9 Å². The predicted molar refractivity (Wildman–Crippen MR) is 63.4 cm³/mol. The lowest BCUT2D eigenvalue weighted by molar-refractivity contribution is -0.116. The molecule has 0 aliphatic heterocycles. The van der Waals surface area contributed by atoms with Crippen LogP contribution in [0.2, 0.25) is 0 Å². The lowest BCUT2D eigenvalue weighted by Gasteiger charge is -2.18. The summed E-state index contributed by atoms with van der Waals surface area (Å²) in [5, 5.41) is 3.02. The first-order valence-corrected chi connectivity index (χ1v) is 5.11. The van der Waals surface area contributed by atoms with E-state index in [0.29, 0.717) is 11.8 Å². The van der Waals surface area contributed by atoms with Crippen LogP contribution in [0.3, 0.4) is 0 Å². The molecule has 0 unspecified atom stereocenters. The molecule has 6 heteroatoms. The highest BCUT2D eigenvalue weighted by Gasteiger charge is 2.10. The van der Waals surface area contributed by atoms with Crippen LogP contribution in [0.4, 0.5) is 11.8 Å². The molecule has 0 saturated carbocycles. The van der Waals surface area contributed by atoms with Crippen molar-refractivity contribution in [3.63, 3.8) is 0 Å². The number of likely N-dealkylation sites (N-methyl/N-ethyl adjacent to an activating group) is 1. The molecule has 0 bridgehead atoms. The van der Waals surface area contributed by atoms with E-state index in [1.165, 1.54) is 0 Å². The van der Waals surface area contributed by atoms with Gasteiger partial charge in [0.05, 0.1) is 6.54 Å². The zero-order valence-corrected chi connectivity index (χ0v) is 9.82. The second-order valence-electron chi connectivity index (χ2n) is 3.55. The monoisotopic (exact) mass is 223 g/mol. The second-order valence-corrected chi connectivity index (χ2v) is 3.55. The second kappa shape index (κ2) is 5.29. The van der Waals surface area contributed by atoms with E-state index in [0.717, 1.165) is 12.1 Å². The van der Waals surface area contributed by atoms with Gasteiger partial charge in [0.2, 0.25) is 11.9 Å². The van der Waals surface area contributed by atoms with Crippen LogP contribution < -0.4 is 16.0 Å². The van der Waals surface area contributed by atoms with Gasteiger partial charge in [0.15, 0.2) is 0 Å². The number of anilines is 2. The van der Waals surface area contributed by atoms with E-state index in [1.807, 2.05) is 13.8 Å². The molecule has 88 valence electrons. The molecule has 1 rings (SSSR count). The maximum atomic E-state index is 10.8. The van der Waals surface area contributed by atoms with Crippen LogP contribution >= 0.6 is 0 Å². The van der Waals surface area contributed by atoms with E-state index in [1.54, 1.807) is 18.1 Å². The van der Waals surface area contributed by atoms with Crippen molar-refractivity contribution in [1.82, 2.24) is 9.97 Å². The number of nitrogens with zero attached hydrogens (tertiary/aromatic N) is 3. The summed E-state index contributed by atoms with van der Waals surface area (Å²) in [7, 11) is 1.77. The Balaban J connectivity index is 2.92. The van der Waals surface area contributed by atoms with Crippen LogP contribution in [0.5, 0.6) is 0 Å². The van der Waals surface area contributed by atoms with Gasteiger partial charge in [0.1, 0.15) is 5.82 Å². The average Bonchev–Trinajstić information content (AvgIpc) is 2.20. The summed E-state index contributed by atoms with van der Waals surface area (Å²) in [6, 6.07) is 0. The lowest BCUT2D eigenvalue weighted by Crippen LogP contribution is -2.31. The Hall–Kier alpha value is -1.85. The van der Waals surface area contributed by atoms with Crippen molar-refractivity contribution < 1.29 is 4.79 Å². The van der Waals surface area contributed by atoms with Gasteiger partial charge < -0.3 is 16.0 Å². The largest absolute Gasteiger partial charge is 0.368 e. The molecule has 1 heterocycles. The minimum absolute atomic E-state index is 0.142. The normalized spacial score (nSPS) is 9.94. The zero-order chi connectivity index (χ0) is 12.1. The molecule has 6 nitrogen and oxygen atoms in total. The van der Waals surface area contributed by atoms with Crippen molar-refractivity contribution in [3.05, 3.63) is 11.8 Å². The van der Waals surface area contributed by atoms with E-state index in [2.05, 4.69) is 15.3 Å². The molecule has 0 aliphatic rings. The van der Waals surface area contributed by atoms with E-state index >= 15 is 0 Å². The van der Waals surface area contributed by atoms with E-state index < -0.39 is 0 Å². The summed E-state index contributed by atoms with van der Waals surface area (Å²) in [4.78, 5) is 21.0. The third kappa shape index (κ3) is 3.08. The zero-order valence-electron chi connectivity index (χ0n) is 9.82. The van der Waals surface area contributed by atoms with Crippen LogP contribution in [0.1, 0.15) is 12.5 Å². The van der Waals surface area contributed by atoms with Crippen LogP contribution in [0.25, 0.3) is 0 Å². The third-order valence-electron chi connectivity index (χ3n) is 2.03. The summed E-state index contributed by atoms with van der Waals surface area (Å²) >= 11 is 0. The average molecular weight is 223 g/mol. The molecule has 0 aromatic carbocycles. The Morgan fingerprint density at radius 2 is 2.31 bits per heavy atom. The first-order chi connectivity index (χ1) is 7.54. The standard InChI is InChI=1S/C10H17N5O/c1-4-12-10-13-5-7(2)9(14-10)15(3)6-8(11)16/h5H,4,6H2,1-3H3,(H2,11,16)(H,12,13,14). The van der Waals surface area contributed by atoms with Gasteiger partial charge in [-0.1, -0.05) is 0 Å². The number of aromatic nitrogens is 2. The number of nitrogens with two attached hydrogens (primary N) is 1. The van der Waals surface area contributed by atoms with Crippen LogP contribution in [0.15, 0.2) is 6.20 Å². The fourth-order valence-electron chi connectivity index (χ4n) is 1.37. The molecule has 1 aromatic rings. The number of hydrogen-bond donors (Lipinski definition) is 2. The molecule has 1 aromatic heterocycles. The van der Waals surface area contributed by atoms with Crippen molar-refractivity contribution in [3.8, 4) is 0 Å². The Bertz CT molecular complexity index is 379. The molecule has 0 spiro atoms. The summed E-state index contributed by atoms with van der Waals surface area (Å²) in [6.07, 6.45) is 1.72. The first-order valence-electron chi connectivity index (χ1n) is 5.11. The lowest BCUT2D eigenvalue weighted by atomic mass is 10.3. The molecule has 0 saturated heterocycles. The maximum Gasteiger partial charge on any atom is 0.236 e. The number of hydrogen-bond acceptors (Lipinski definition) is 5. The molecular formula is C10H17N5O. The molecule has 1 amide bonds. The molecule has 0 aliphatic carbocycles. The fourth-order valence-corrected chi connectivity index (χ4v) is 1.37. The maximum absolute atomic E-state index is 10.8. The van der Waals surface area contributed by atoms with Crippen LogP contribution in [-0.4, -0.2) is 36.0 Å². The SMILES string of the molecule is CCNc1ncc(C)c(N(C)CC(N)=O)n1. The van der Waals surface area contributed by atoms with E-state index in [9.17, 15) is 4.79 Å². The van der Waals surface area contributed by atoms with Gasteiger partial charge in [-0.2, -0.15) is 4.98 Å². The van der Waals surface area contributed by atoms with Gasteiger partial charge in [0.25, 0.3) is 0 Å². The predicted octanol–water partition coefficient (Wildman–Crippen LogP) is 0.138. The number of carbonyl (C=O) groups is 1. The number of nitrogens with one attached hydrogen (secondary N) is 1. The highest BCUT2D eigenvalue weighted by atomic mass is 16.1. The van der Waals surface area contributed by atoms with Gasteiger partial charge in [-0.3, -0.25) is 4.79 Å². The Morgan fingerprint density at radius 3 is 2.88 bits per heavy atom. The number of aryl methyl sites for hydroxylation is 1. The van der Waals surface area contributed by atoms with Gasteiger partial charge in [-0.15, -0.1) is 0 Å². The summed E-state index contributed by atoms with van der Waals surface area (Å²) in [6.45, 7) is 4.75. The van der Waals surface area contributed by atoms with Gasteiger partial charge >= 0.3 is 0 Å². The number of rotatable bonds is 5. The molecule has 16 heavy (non-hydrogen) atoms. The number of carbonyl (C=O) groups excluding carboxylic acids is 1. The quantitative estimate of drug-likeness (QED) is 0.741. The minimum Gasteiger partial charge on any atom is -0.368 e. The van der Waals surface area contributed by atoms with Gasteiger partial charge in [-0.25, -0.2) is 4.98 Å². The summed E-state index contributed by atoms with van der Waals surface area (Å²) in [5.41, 5.74) is 6.05. The Kier molecular flexibility index (Phi) is 4.04. The third-order valence-corrected chi connectivity index (χ3v) is 2.03. The topological polar surface area (TPSA) is 84.1 Å². The summed E-state index contributed by atoms with van der Waals surface area (Å²) < 4.78 is 0. The minimum atomic E-state index is -0.384. The van der Waals surface area contributed by atoms with Crippen molar-refractivity contribution in [2.45, 2.75) is 13.8 Å². The molecule has 0 radical (unpaired) electrons. The highest BCUT2D eigenvalue weighted by Crippen LogP contribution is 2.15. The Morgan fingerprint density at radius 1 is 1.62 bits per heavy atom. The molecule has 3 N–H and O–H groups in total. The molecule has 0 atom stereocenters. The smallest absolute Gasteiger partial charge is 0.236 e. The highest BCUT2D eigenvalue weighted by molar-refractivity contribution is 5.79. The van der Waals surface area contributed by atoms with E-state index in [4.69, 9.17) is 5.73 Å². The fraction of sp³-hybridized carbons (Fsp3) is 0.500. The number of primary amides is 1. The van der Waals surface area contributed by atoms with Crippen LogP contribution in [0, 0.1) is 6.92 Å². The van der Waals surface area contributed by atoms with Crippen molar-refractivity contribution in [2.75, 3.05) is 30.4 Å². The number of amides is 1.